The monoisotopic (exact) mass is 255 g/mol. The van der Waals surface area contributed by atoms with Gasteiger partial charge in [0.05, 0.1) is 11.1 Å². The SMILES string of the molecule is N#CC(=Cc1cc2ccccc2nc1O)C(N)=S. The van der Waals surface area contributed by atoms with E-state index in [4.69, 9.17) is 23.2 Å². The van der Waals surface area contributed by atoms with Gasteiger partial charge >= 0.3 is 0 Å². The Balaban J connectivity index is 2.62. The van der Waals surface area contributed by atoms with Gasteiger partial charge in [0, 0.05) is 10.9 Å². The fourth-order valence-electron chi connectivity index (χ4n) is 1.54. The molecule has 0 spiro atoms. The number of fused-ring (bicyclic) bond motifs is 1. The van der Waals surface area contributed by atoms with E-state index in [1.807, 2.05) is 24.3 Å². The zero-order valence-corrected chi connectivity index (χ0v) is 10.1. The highest BCUT2D eigenvalue weighted by Crippen LogP contribution is 2.23. The van der Waals surface area contributed by atoms with Gasteiger partial charge in [0.15, 0.2) is 0 Å². The molecule has 0 aliphatic carbocycles. The van der Waals surface area contributed by atoms with E-state index in [0.29, 0.717) is 11.1 Å². The quantitative estimate of drug-likeness (QED) is 0.488. The summed E-state index contributed by atoms with van der Waals surface area (Å²) >= 11 is 4.74. The van der Waals surface area contributed by atoms with Crippen LogP contribution in [0.25, 0.3) is 17.0 Å². The molecule has 0 bridgehead atoms. The molecular weight excluding hydrogens is 246 g/mol. The second kappa shape index (κ2) is 4.82. The zero-order valence-electron chi connectivity index (χ0n) is 9.29. The van der Waals surface area contributed by atoms with Crippen molar-refractivity contribution in [3.8, 4) is 11.9 Å². The number of aromatic hydroxyl groups is 1. The Hall–Kier alpha value is -2.45. The molecule has 5 heteroatoms. The Bertz CT molecular complexity index is 701. The average Bonchev–Trinajstić information content (AvgIpc) is 2.35. The summed E-state index contributed by atoms with van der Waals surface area (Å²) in [6.07, 6.45) is 1.43. The van der Waals surface area contributed by atoms with Gasteiger partial charge < -0.3 is 10.8 Å². The molecule has 2 rings (SSSR count). The van der Waals surface area contributed by atoms with E-state index >= 15 is 0 Å². The maximum absolute atomic E-state index is 9.79. The van der Waals surface area contributed by atoms with Gasteiger partial charge in [0.25, 0.3) is 0 Å². The summed E-state index contributed by atoms with van der Waals surface area (Å²) in [6, 6.07) is 11.0. The number of thiocarbonyl (C=S) groups is 1. The van der Waals surface area contributed by atoms with Crippen molar-refractivity contribution in [3.63, 3.8) is 0 Å². The summed E-state index contributed by atoms with van der Waals surface area (Å²) in [5.41, 5.74) is 6.63. The van der Waals surface area contributed by atoms with Crippen molar-refractivity contribution in [1.82, 2.24) is 4.98 Å². The van der Waals surface area contributed by atoms with Crippen LogP contribution >= 0.6 is 12.2 Å². The van der Waals surface area contributed by atoms with Gasteiger partial charge in [-0.15, -0.1) is 0 Å². The number of nitrogens with zero attached hydrogens (tertiary/aromatic N) is 2. The van der Waals surface area contributed by atoms with Crippen LogP contribution in [-0.4, -0.2) is 15.1 Å². The number of benzene rings is 1. The lowest BCUT2D eigenvalue weighted by molar-refractivity contribution is 0.454. The molecule has 0 amide bonds. The topological polar surface area (TPSA) is 82.9 Å². The summed E-state index contributed by atoms with van der Waals surface area (Å²) < 4.78 is 0. The van der Waals surface area contributed by atoms with Crippen molar-refractivity contribution in [3.05, 3.63) is 41.5 Å². The van der Waals surface area contributed by atoms with Gasteiger partial charge in [0.2, 0.25) is 5.88 Å². The van der Waals surface area contributed by atoms with Gasteiger partial charge in [0.1, 0.15) is 11.1 Å². The molecular formula is C13H9N3OS. The van der Waals surface area contributed by atoms with E-state index in [9.17, 15) is 5.11 Å². The second-order valence-electron chi connectivity index (χ2n) is 3.63. The number of pyridine rings is 1. The number of aromatic nitrogens is 1. The minimum atomic E-state index is -0.155. The minimum absolute atomic E-state index is 0.00920. The number of rotatable bonds is 2. The van der Waals surface area contributed by atoms with E-state index in [1.165, 1.54) is 6.08 Å². The third-order valence-corrected chi connectivity index (χ3v) is 2.64. The Morgan fingerprint density at radius 1 is 1.44 bits per heavy atom. The van der Waals surface area contributed by atoms with Crippen molar-refractivity contribution in [2.75, 3.05) is 0 Å². The van der Waals surface area contributed by atoms with Crippen LogP contribution in [0.3, 0.4) is 0 Å². The van der Waals surface area contributed by atoms with Crippen LogP contribution in [-0.2, 0) is 0 Å². The molecule has 2 aromatic rings. The molecule has 0 aliphatic heterocycles. The van der Waals surface area contributed by atoms with Crippen LogP contribution in [0.15, 0.2) is 35.9 Å². The van der Waals surface area contributed by atoms with Crippen LogP contribution in [0.1, 0.15) is 5.56 Å². The van der Waals surface area contributed by atoms with Crippen LogP contribution in [0.2, 0.25) is 0 Å². The van der Waals surface area contributed by atoms with Crippen LogP contribution in [0.5, 0.6) is 5.88 Å². The highest BCUT2D eigenvalue weighted by Gasteiger charge is 2.06. The van der Waals surface area contributed by atoms with Gasteiger partial charge in [-0.3, -0.25) is 0 Å². The van der Waals surface area contributed by atoms with Gasteiger partial charge in [-0.2, -0.15) is 5.26 Å². The minimum Gasteiger partial charge on any atom is -0.493 e. The molecule has 1 aromatic heterocycles. The van der Waals surface area contributed by atoms with Gasteiger partial charge in [-0.25, -0.2) is 4.98 Å². The Labute approximate surface area is 109 Å². The number of hydrogen-bond donors (Lipinski definition) is 2. The number of hydrogen-bond acceptors (Lipinski definition) is 4. The van der Waals surface area contributed by atoms with Crippen molar-refractivity contribution >= 4 is 34.2 Å². The number of nitrogens with two attached hydrogens (primary N) is 1. The first-order valence-corrected chi connectivity index (χ1v) is 5.53. The third-order valence-electron chi connectivity index (χ3n) is 2.42. The Morgan fingerprint density at radius 2 is 2.17 bits per heavy atom. The molecule has 0 saturated heterocycles. The van der Waals surface area contributed by atoms with Crippen LogP contribution < -0.4 is 5.73 Å². The summed E-state index contributed by atoms with van der Waals surface area (Å²) in [5, 5.41) is 19.5. The molecule has 0 radical (unpaired) electrons. The van der Waals surface area contributed by atoms with E-state index in [1.54, 1.807) is 12.1 Å². The molecule has 0 unspecified atom stereocenters. The highest BCUT2D eigenvalue weighted by molar-refractivity contribution is 7.80. The van der Waals surface area contributed by atoms with Crippen LogP contribution in [0.4, 0.5) is 0 Å². The molecule has 3 N–H and O–H groups in total. The van der Waals surface area contributed by atoms with Crippen molar-refractivity contribution in [1.29, 1.82) is 5.26 Å². The molecule has 0 atom stereocenters. The largest absolute Gasteiger partial charge is 0.493 e. The van der Waals surface area contributed by atoms with E-state index in [0.717, 1.165) is 5.39 Å². The maximum Gasteiger partial charge on any atom is 0.218 e. The number of para-hydroxylation sites is 1. The van der Waals surface area contributed by atoms with E-state index in [2.05, 4.69) is 4.98 Å². The van der Waals surface area contributed by atoms with Gasteiger partial charge in [-0.1, -0.05) is 30.4 Å². The third kappa shape index (κ3) is 2.29. The first-order valence-electron chi connectivity index (χ1n) is 5.12. The van der Waals surface area contributed by atoms with Crippen molar-refractivity contribution in [2.45, 2.75) is 0 Å². The summed E-state index contributed by atoms with van der Waals surface area (Å²) in [6.45, 7) is 0. The molecule has 0 fully saturated rings. The standard InChI is InChI=1S/C13H9N3OS/c14-7-10(12(15)18)6-9-5-8-3-1-2-4-11(8)16-13(9)17/h1-6H,(H2,15,18)(H,16,17). The predicted molar refractivity (Wildman–Crippen MR) is 73.8 cm³/mol. The van der Waals surface area contributed by atoms with Crippen molar-refractivity contribution < 1.29 is 5.11 Å². The lowest BCUT2D eigenvalue weighted by atomic mass is 10.1. The molecule has 0 aliphatic rings. The smallest absolute Gasteiger partial charge is 0.218 e. The zero-order chi connectivity index (χ0) is 13.1. The highest BCUT2D eigenvalue weighted by atomic mass is 32.1. The number of nitriles is 1. The van der Waals surface area contributed by atoms with Gasteiger partial charge in [-0.05, 0) is 18.2 Å². The van der Waals surface area contributed by atoms with E-state index in [-0.39, 0.29) is 16.4 Å². The summed E-state index contributed by atoms with van der Waals surface area (Å²) in [7, 11) is 0. The van der Waals surface area contributed by atoms with Crippen molar-refractivity contribution in [2.24, 2.45) is 5.73 Å². The Morgan fingerprint density at radius 3 is 2.83 bits per heavy atom. The predicted octanol–water partition coefficient (Wildman–Crippen LogP) is 2.13. The first-order chi connectivity index (χ1) is 8.61. The fourth-order valence-corrected chi connectivity index (χ4v) is 1.65. The average molecular weight is 255 g/mol. The Kier molecular flexibility index (Phi) is 3.22. The van der Waals surface area contributed by atoms with E-state index < -0.39 is 0 Å². The molecule has 18 heavy (non-hydrogen) atoms. The normalized spacial score (nSPS) is 11.2. The maximum atomic E-state index is 9.79. The lowest BCUT2D eigenvalue weighted by Crippen LogP contribution is -2.09. The van der Waals surface area contributed by atoms with Crippen LogP contribution in [0, 0.1) is 11.3 Å². The lowest BCUT2D eigenvalue weighted by Gasteiger charge is -2.02. The first kappa shape index (κ1) is 12.0. The fraction of sp³-hybridized carbons (Fsp3) is 0. The molecule has 1 aromatic carbocycles. The molecule has 0 saturated carbocycles. The molecule has 88 valence electrons. The summed E-state index contributed by atoms with van der Waals surface area (Å²) in [5.74, 6) is -0.155. The summed E-state index contributed by atoms with van der Waals surface area (Å²) in [4.78, 5) is 4.03. The second-order valence-corrected chi connectivity index (χ2v) is 4.07. The molecule has 4 nitrogen and oxygen atoms in total. The molecule has 1 heterocycles.